The van der Waals surface area contributed by atoms with Crippen molar-refractivity contribution in [2.24, 2.45) is 0 Å². The first-order valence-corrected chi connectivity index (χ1v) is 3.55. The number of carbonyl (C=O) groups excluding carboxylic acids is 1. The lowest BCUT2D eigenvalue weighted by Gasteiger charge is -2.09. The van der Waals surface area contributed by atoms with E-state index in [1.165, 1.54) is 0 Å². The van der Waals surface area contributed by atoms with Crippen LogP contribution >= 0.6 is 0 Å². The lowest BCUT2D eigenvalue weighted by Crippen LogP contribution is -2.34. The van der Waals surface area contributed by atoms with E-state index < -0.39 is 6.10 Å². The first-order chi connectivity index (χ1) is 5.22. The van der Waals surface area contributed by atoms with Crippen molar-refractivity contribution in [1.82, 2.24) is 5.32 Å². The second-order valence-electron chi connectivity index (χ2n) is 2.02. The highest BCUT2D eigenvalue weighted by molar-refractivity contribution is 5.80. The Hall–Kier alpha value is -1.01. The van der Waals surface area contributed by atoms with Crippen molar-refractivity contribution in [3.8, 4) is 12.3 Å². The Kier molecular flexibility index (Phi) is 5.22. The molecule has 1 amide bonds. The van der Waals surface area contributed by atoms with E-state index in [-0.39, 0.29) is 12.5 Å². The van der Waals surface area contributed by atoms with Crippen LogP contribution in [-0.2, 0) is 9.53 Å². The van der Waals surface area contributed by atoms with Crippen molar-refractivity contribution in [2.75, 3.05) is 13.2 Å². The van der Waals surface area contributed by atoms with Gasteiger partial charge in [0.05, 0.1) is 6.54 Å². The second-order valence-corrected chi connectivity index (χ2v) is 2.02. The molecule has 1 atom stereocenters. The van der Waals surface area contributed by atoms with Gasteiger partial charge in [0, 0.05) is 6.61 Å². The molecule has 0 saturated heterocycles. The monoisotopic (exact) mass is 155 g/mol. The summed E-state index contributed by atoms with van der Waals surface area (Å²) in [7, 11) is 0. The predicted octanol–water partition coefficient (Wildman–Crippen LogP) is 0.161. The molecule has 0 aliphatic heterocycles. The van der Waals surface area contributed by atoms with Gasteiger partial charge in [0.25, 0.3) is 0 Å². The van der Waals surface area contributed by atoms with Crippen LogP contribution in [-0.4, -0.2) is 25.2 Å². The Bertz CT molecular complexity index is 160. The summed E-state index contributed by atoms with van der Waals surface area (Å²) in [5.41, 5.74) is 0. The van der Waals surface area contributed by atoms with Crippen LogP contribution in [0.2, 0.25) is 0 Å². The van der Waals surface area contributed by atoms with Crippen LogP contribution in [0.1, 0.15) is 13.8 Å². The third-order valence-corrected chi connectivity index (χ3v) is 1.15. The van der Waals surface area contributed by atoms with Crippen LogP contribution in [0.25, 0.3) is 0 Å². The minimum atomic E-state index is -0.409. The molecule has 1 N–H and O–H groups in total. The van der Waals surface area contributed by atoms with Gasteiger partial charge in [-0.15, -0.1) is 6.42 Å². The van der Waals surface area contributed by atoms with Gasteiger partial charge in [0.15, 0.2) is 0 Å². The third kappa shape index (κ3) is 4.40. The van der Waals surface area contributed by atoms with Gasteiger partial charge in [-0.1, -0.05) is 5.92 Å². The summed E-state index contributed by atoms with van der Waals surface area (Å²) in [6, 6.07) is 0. The maximum Gasteiger partial charge on any atom is 0.249 e. The zero-order valence-corrected chi connectivity index (χ0v) is 6.89. The van der Waals surface area contributed by atoms with E-state index in [9.17, 15) is 4.79 Å². The fourth-order valence-corrected chi connectivity index (χ4v) is 0.608. The van der Waals surface area contributed by atoms with Gasteiger partial charge in [0.2, 0.25) is 5.91 Å². The number of nitrogens with one attached hydrogen (secondary N) is 1. The number of carbonyl (C=O) groups is 1. The third-order valence-electron chi connectivity index (χ3n) is 1.15. The molecule has 1 unspecified atom stereocenters. The van der Waals surface area contributed by atoms with Gasteiger partial charge in [-0.25, -0.2) is 0 Å². The van der Waals surface area contributed by atoms with Crippen LogP contribution in [0.5, 0.6) is 0 Å². The van der Waals surface area contributed by atoms with Crippen LogP contribution in [0.4, 0.5) is 0 Å². The van der Waals surface area contributed by atoms with Crippen LogP contribution in [0.15, 0.2) is 0 Å². The van der Waals surface area contributed by atoms with Crippen molar-refractivity contribution >= 4 is 5.91 Å². The van der Waals surface area contributed by atoms with Gasteiger partial charge >= 0.3 is 0 Å². The summed E-state index contributed by atoms with van der Waals surface area (Å²) < 4.78 is 5.02. The van der Waals surface area contributed by atoms with Crippen LogP contribution in [0.3, 0.4) is 0 Å². The molecule has 0 radical (unpaired) electrons. The molecule has 0 rings (SSSR count). The number of ether oxygens (including phenoxy) is 1. The predicted molar refractivity (Wildman–Crippen MR) is 42.9 cm³/mol. The summed E-state index contributed by atoms with van der Waals surface area (Å²) in [5.74, 6) is 2.15. The minimum absolute atomic E-state index is 0.162. The lowest BCUT2D eigenvalue weighted by atomic mass is 10.4. The lowest BCUT2D eigenvalue weighted by molar-refractivity contribution is -0.131. The van der Waals surface area contributed by atoms with E-state index in [0.29, 0.717) is 6.61 Å². The Morgan fingerprint density at radius 3 is 2.91 bits per heavy atom. The molecule has 0 aromatic rings. The molecule has 0 fully saturated rings. The average molecular weight is 155 g/mol. The Labute approximate surface area is 67.1 Å². The highest BCUT2D eigenvalue weighted by Gasteiger charge is 2.10. The molecule has 0 spiro atoms. The fraction of sp³-hybridized carbons (Fsp3) is 0.625. The van der Waals surface area contributed by atoms with Crippen molar-refractivity contribution < 1.29 is 9.53 Å². The maximum absolute atomic E-state index is 11.0. The molecule has 0 aromatic heterocycles. The second kappa shape index (κ2) is 5.75. The summed E-state index contributed by atoms with van der Waals surface area (Å²) in [5, 5.41) is 2.52. The Balaban J connectivity index is 3.57. The molecule has 62 valence electrons. The number of hydrogen-bond donors (Lipinski definition) is 1. The molecule has 0 heterocycles. The standard InChI is InChI=1S/C8H13NO2/c1-4-6-9-8(10)7(3)11-5-2/h1,7H,5-6H2,2-3H3,(H,9,10). The number of amides is 1. The van der Waals surface area contributed by atoms with Crippen molar-refractivity contribution in [3.05, 3.63) is 0 Å². The zero-order chi connectivity index (χ0) is 8.69. The first-order valence-electron chi connectivity index (χ1n) is 3.55. The number of hydrogen-bond acceptors (Lipinski definition) is 2. The van der Waals surface area contributed by atoms with E-state index in [1.54, 1.807) is 6.92 Å². The van der Waals surface area contributed by atoms with Gasteiger partial charge in [-0.2, -0.15) is 0 Å². The molecular formula is C8H13NO2. The molecule has 3 heteroatoms. The first kappa shape index (κ1) is 9.99. The van der Waals surface area contributed by atoms with E-state index in [2.05, 4.69) is 11.2 Å². The van der Waals surface area contributed by atoms with Crippen molar-refractivity contribution in [1.29, 1.82) is 0 Å². The summed E-state index contributed by atoms with van der Waals surface area (Å²) in [6.07, 6.45) is 4.54. The van der Waals surface area contributed by atoms with Gasteiger partial charge in [-0.05, 0) is 13.8 Å². The quantitative estimate of drug-likeness (QED) is 0.587. The molecule has 0 aromatic carbocycles. The number of terminal acetylenes is 1. The highest BCUT2D eigenvalue weighted by atomic mass is 16.5. The minimum Gasteiger partial charge on any atom is -0.369 e. The zero-order valence-electron chi connectivity index (χ0n) is 6.89. The average Bonchev–Trinajstić information content (AvgIpc) is 2.00. The fourth-order valence-electron chi connectivity index (χ4n) is 0.608. The molecule has 0 saturated carbocycles. The van der Waals surface area contributed by atoms with Gasteiger partial charge < -0.3 is 10.1 Å². The largest absolute Gasteiger partial charge is 0.369 e. The molecule has 11 heavy (non-hydrogen) atoms. The normalized spacial score (nSPS) is 11.7. The summed E-state index contributed by atoms with van der Waals surface area (Å²) >= 11 is 0. The van der Waals surface area contributed by atoms with Crippen LogP contribution < -0.4 is 5.32 Å². The Morgan fingerprint density at radius 2 is 2.45 bits per heavy atom. The summed E-state index contributed by atoms with van der Waals surface area (Å²) in [6.45, 7) is 4.32. The molecular weight excluding hydrogens is 142 g/mol. The summed E-state index contributed by atoms with van der Waals surface area (Å²) in [4.78, 5) is 11.0. The van der Waals surface area contributed by atoms with E-state index in [0.717, 1.165) is 0 Å². The maximum atomic E-state index is 11.0. The van der Waals surface area contributed by atoms with Crippen molar-refractivity contribution in [2.45, 2.75) is 20.0 Å². The SMILES string of the molecule is C#CCNC(=O)C(C)OCC. The smallest absolute Gasteiger partial charge is 0.249 e. The topological polar surface area (TPSA) is 38.3 Å². The molecule has 3 nitrogen and oxygen atoms in total. The molecule has 0 aliphatic rings. The Morgan fingerprint density at radius 1 is 1.82 bits per heavy atom. The number of rotatable bonds is 4. The van der Waals surface area contributed by atoms with Gasteiger partial charge in [-0.3, -0.25) is 4.79 Å². The van der Waals surface area contributed by atoms with E-state index in [1.807, 2.05) is 6.92 Å². The molecule has 0 aliphatic carbocycles. The van der Waals surface area contributed by atoms with Crippen molar-refractivity contribution in [3.63, 3.8) is 0 Å². The van der Waals surface area contributed by atoms with E-state index in [4.69, 9.17) is 11.2 Å². The molecule has 0 bridgehead atoms. The van der Waals surface area contributed by atoms with E-state index >= 15 is 0 Å². The van der Waals surface area contributed by atoms with Gasteiger partial charge in [0.1, 0.15) is 6.10 Å². The highest BCUT2D eigenvalue weighted by Crippen LogP contribution is 1.88. The van der Waals surface area contributed by atoms with Crippen LogP contribution in [0, 0.1) is 12.3 Å².